The molecule has 0 unspecified atom stereocenters. The molecule has 0 saturated carbocycles. The van der Waals surface area contributed by atoms with E-state index in [4.69, 9.17) is 5.73 Å². The normalized spacial score (nSPS) is 10.6. The number of ether oxygens (including phenoxy) is 1. The Morgan fingerprint density at radius 3 is 3.06 bits per heavy atom. The number of methoxy groups -OCH3 is 1. The van der Waals surface area contributed by atoms with Gasteiger partial charge < -0.3 is 20.8 Å². The van der Waals surface area contributed by atoms with E-state index in [0.717, 1.165) is 6.07 Å². The number of nitrogens with zero attached hydrogens (tertiary/aromatic N) is 1. The molecule has 1 heterocycles. The number of nitrogens with one attached hydrogen (secondary N) is 2. The Bertz CT molecular complexity index is 582. The number of hydrogen-bond acceptors (Lipinski definition) is 5. The van der Waals surface area contributed by atoms with E-state index < -0.39 is 11.8 Å². The Hall–Kier alpha value is -2.15. The molecule has 1 aromatic heterocycles. The third kappa shape index (κ3) is 2.25. The fourth-order valence-corrected chi connectivity index (χ4v) is 1.62. The number of imidazole rings is 1. The first-order valence-electron chi connectivity index (χ1n) is 5.37. The summed E-state index contributed by atoms with van der Waals surface area (Å²) in [5.74, 6) is -0.723. The van der Waals surface area contributed by atoms with Crippen LogP contribution in [0.2, 0.25) is 0 Å². The Morgan fingerprint density at radius 2 is 2.39 bits per heavy atom. The van der Waals surface area contributed by atoms with Crippen LogP contribution >= 0.6 is 0 Å². The van der Waals surface area contributed by atoms with E-state index in [2.05, 4.69) is 20.0 Å². The van der Waals surface area contributed by atoms with Crippen LogP contribution in [0.15, 0.2) is 12.1 Å². The highest BCUT2D eigenvalue weighted by molar-refractivity contribution is 6.02. The fourth-order valence-electron chi connectivity index (χ4n) is 1.62. The van der Waals surface area contributed by atoms with Crippen molar-refractivity contribution in [1.29, 1.82) is 0 Å². The van der Waals surface area contributed by atoms with Crippen molar-refractivity contribution in [3.63, 3.8) is 0 Å². The van der Waals surface area contributed by atoms with Gasteiger partial charge in [0.15, 0.2) is 0 Å². The summed E-state index contributed by atoms with van der Waals surface area (Å²) in [6.07, 6.45) is 0. The van der Waals surface area contributed by atoms with Crippen LogP contribution in [0.4, 0.5) is 10.3 Å². The maximum atomic E-state index is 13.4. The first kappa shape index (κ1) is 12.3. The van der Waals surface area contributed by atoms with Crippen molar-refractivity contribution in [3.05, 3.63) is 23.5 Å². The van der Waals surface area contributed by atoms with Gasteiger partial charge in [0.25, 0.3) is 0 Å². The summed E-state index contributed by atoms with van der Waals surface area (Å²) in [4.78, 5) is 18.6. The van der Waals surface area contributed by atoms with Gasteiger partial charge in [0, 0.05) is 13.1 Å². The lowest BCUT2D eigenvalue weighted by Crippen LogP contribution is -2.13. The Labute approximate surface area is 102 Å². The molecule has 1 aromatic carbocycles. The third-order valence-corrected chi connectivity index (χ3v) is 2.39. The molecule has 0 fully saturated rings. The van der Waals surface area contributed by atoms with Gasteiger partial charge >= 0.3 is 5.97 Å². The summed E-state index contributed by atoms with van der Waals surface area (Å²) in [6, 6.07) is 2.37. The number of halogens is 1. The van der Waals surface area contributed by atoms with Gasteiger partial charge in [0.2, 0.25) is 5.95 Å². The van der Waals surface area contributed by atoms with Crippen molar-refractivity contribution in [1.82, 2.24) is 9.97 Å². The molecular weight excluding hydrogens is 239 g/mol. The van der Waals surface area contributed by atoms with Crippen molar-refractivity contribution in [3.8, 4) is 0 Å². The molecule has 0 amide bonds. The zero-order chi connectivity index (χ0) is 13.1. The van der Waals surface area contributed by atoms with Gasteiger partial charge in [-0.05, 0) is 12.1 Å². The van der Waals surface area contributed by atoms with Crippen LogP contribution in [0.1, 0.15) is 10.4 Å². The van der Waals surface area contributed by atoms with Gasteiger partial charge in [-0.15, -0.1) is 0 Å². The standard InChI is InChI=1S/C11H13FN4O2/c1-18-10(17)7-4-6(12)5-8-9(7)16-11(15-8)14-3-2-13/h4-5H,2-3,13H2,1H3,(H2,14,15,16). The van der Waals surface area contributed by atoms with Crippen molar-refractivity contribution >= 4 is 23.0 Å². The molecule has 2 rings (SSSR count). The smallest absolute Gasteiger partial charge is 0.340 e. The van der Waals surface area contributed by atoms with E-state index in [0.29, 0.717) is 30.1 Å². The number of fused-ring (bicyclic) bond motifs is 1. The highest BCUT2D eigenvalue weighted by Gasteiger charge is 2.16. The summed E-state index contributed by atoms with van der Waals surface area (Å²) in [7, 11) is 1.24. The van der Waals surface area contributed by atoms with Crippen LogP contribution < -0.4 is 11.1 Å². The van der Waals surface area contributed by atoms with Gasteiger partial charge in [-0.1, -0.05) is 0 Å². The Kier molecular flexibility index (Phi) is 3.42. The maximum Gasteiger partial charge on any atom is 0.340 e. The van der Waals surface area contributed by atoms with Crippen molar-refractivity contribution in [2.45, 2.75) is 0 Å². The van der Waals surface area contributed by atoms with Crippen molar-refractivity contribution < 1.29 is 13.9 Å². The zero-order valence-electron chi connectivity index (χ0n) is 9.79. The minimum atomic E-state index is -0.628. The average molecular weight is 252 g/mol. The lowest BCUT2D eigenvalue weighted by Gasteiger charge is -1.99. The molecule has 0 atom stereocenters. The molecule has 0 aliphatic rings. The topological polar surface area (TPSA) is 93.0 Å². The maximum absolute atomic E-state index is 13.4. The lowest BCUT2D eigenvalue weighted by atomic mass is 10.2. The summed E-state index contributed by atoms with van der Waals surface area (Å²) in [6.45, 7) is 0.963. The van der Waals surface area contributed by atoms with Crippen LogP contribution in [0.3, 0.4) is 0 Å². The van der Waals surface area contributed by atoms with Gasteiger partial charge in [-0.2, -0.15) is 0 Å². The molecule has 0 aliphatic heterocycles. The quantitative estimate of drug-likeness (QED) is 0.702. The molecule has 0 aliphatic carbocycles. The van der Waals surface area contributed by atoms with Gasteiger partial charge in [-0.3, -0.25) is 0 Å². The molecule has 2 aromatic rings. The summed E-state index contributed by atoms with van der Waals surface area (Å²) in [5.41, 5.74) is 6.23. The number of aromatic nitrogens is 2. The monoisotopic (exact) mass is 252 g/mol. The van der Waals surface area contributed by atoms with Gasteiger partial charge in [-0.25, -0.2) is 14.2 Å². The van der Waals surface area contributed by atoms with E-state index in [9.17, 15) is 9.18 Å². The molecule has 18 heavy (non-hydrogen) atoms. The zero-order valence-corrected chi connectivity index (χ0v) is 9.79. The van der Waals surface area contributed by atoms with E-state index in [1.807, 2.05) is 0 Å². The van der Waals surface area contributed by atoms with Crippen LogP contribution in [0, 0.1) is 5.82 Å². The van der Waals surface area contributed by atoms with Crippen LogP contribution in [0.25, 0.3) is 11.0 Å². The summed E-state index contributed by atoms with van der Waals surface area (Å²) >= 11 is 0. The Balaban J connectivity index is 2.49. The predicted octanol–water partition coefficient (Wildman–Crippen LogP) is 0.859. The summed E-state index contributed by atoms with van der Waals surface area (Å²) in [5, 5.41) is 2.92. The van der Waals surface area contributed by atoms with E-state index in [-0.39, 0.29) is 5.56 Å². The molecule has 0 bridgehead atoms. The number of esters is 1. The van der Waals surface area contributed by atoms with Gasteiger partial charge in [0.05, 0.1) is 18.2 Å². The number of anilines is 1. The van der Waals surface area contributed by atoms with Crippen molar-refractivity contribution in [2.24, 2.45) is 5.73 Å². The second kappa shape index (κ2) is 5.01. The van der Waals surface area contributed by atoms with Crippen LogP contribution in [-0.2, 0) is 4.74 Å². The predicted molar refractivity (Wildman–Crippen MR) is 64.9 cm³/mol. The number of benzene rings is 1. The molecule has 0 radical (unpaired) electrons. The largest absolute Gasteiger partial charge is 0.465 e. The van der Waals surface area contributed by atoms with Gasteiger partial charge in [0.1, 0.15) is 11.3 Å². The first-order chi connectivity index (χ1) is 8.65. The lowest BCUT2D eigenvalue weighted by molar-refractivity contribution is 0.0602. The van der Waals surface area contributed by atoms with Crippen LogP contribution in [0.5, 0.6) is 0 Å². The molecule has 96 valence electrons. The van der Waals surface area contributed by atoms with Crippen molar-refractivity contribution in [2.75, 3.05) is 25.5 Å². The highest BCUT2D eigenvalue weighted by atomic mass is 19.1. The highest BCUT2D eigenvalue weighted by Crippen LogP contribution is 2.21. The van der Waals surface area contributed by atoms with E-state index >= 15 is 0 Å². The fraction of sp³-hybridized carbons (Fsp3) is 0.273. The second-order valence-electron chi connectivity index (χ2n) is 3.64. The number of nitrogens with two attached hydrogens (primary N) is 1. The minimum absolute atomic E-state index is 0.0875. The molecule has 7 heteroatoms. The van der Waals surface area contributed by atoms with E-state index in [1.165, 1.54) is 13.2 Å². The summed E-state index contributed by atoms with van der Waals surface area (Å²) < 4.78 is 17.9. The van der Waals surface area contributed by atoms with Crippen LogP contribution in [-0.4, -0.2) is 36.1 Å². The average Bonchev–Trinajstić information content (AvgIpc) is 2.76. The third-order valence-electron chi connectivity index (χ3n) is 2.39. The first-order valence-corrected chi connectivity index (χ1v) is 5.37. The SMILES string of the molecule is COC(=O)c1cc(F)cc2[nH]c(NCCN)nc12. The number of carbonyl (C=O) groups is 1. The molecule has 4 N–H and O–H groups in total. The molecular formula is C11H13FN4O2. The number of aromatic amines is 1. The minimum Gasteiger partial charge on any atom is -0.465 e. The Morgan fingerprint density at radius 1 is 1.61 bits per heavy atom. The number of carbonyl (C=O) groups excluding carboxylic acids is 1. The molecule has 0 saturated heterocycles. The number of hydrogen-bond donors (Lipinski definition) is 3. The van der Waals surface area contributed by atoms with E-state index in [1.54, 1.807) is 0 Å². The molecule has 6 nitrogen and oxygen atoms in total. The number of rotatable bonds is 4. The number of H-pyrrole nitrogens is 1. The second-order valence-corrected chi connectivity index (χ2v) is 3.64. The molecule has 0 spiro atoms.